The first-order valence-electron chi connectivity index (χ1n) is 12.9. The molecule has 3 atom stereocenters. The molecule has 1 saturated heterocycles. The quantitative estimate of drug-likeness (QED) is 0.362. The summed E-state index contributed by atoms with van der Waals surface area (Å²) in [6.45, 7) is 6.01. The molecule has 1 aliphatic carbocycles. The van der Waals surface area contributed by atoms with Crippen LogP contribution in [-0.4, -0.2) is 48.1 Å². The highest BCUT2D eigenvalue weighted by atomic mass is 35.5. The number of piperidine rings is 1. The zero-order valence-electron chi connectivity index (χ0n) is 22.3. The van der Waals surface area contributed by atoms with Crippen molar-refractivity contribution in [2.45, 2.75) is 33.2 Å². The number of hydrogen-bond acceptors (Lipinski definition) is 8. The fraction of sp³-hybridized carbons (Fsp3) is 0.286. The Bertz CT molecular complexity index is 1780. The highest BCUT2D eigenvalue weighted by molar-refractivity contribution is 6.31. The smallest absolute Gasteiger partial charge is 0.276 e. The molecule has 4 heterocycles. The van der Waals surface area contributed by atoms with Gasteiger partial charge in [0, 0.05) is 18.7 Å². The predicted molar refractivity (Wildman–Crippen MR) is 147 cm³/mol. The summed E-state index contributed by atoms with van der Waals surface area (Å²) in [5.74, 6) is -0.124. The first kappa shape index (κ1) is 26.5. The third-order valence-corrected chi connectivity index (χ3v) is 7.74. The summed E-state index contributed by atoms with van der Waals surface area (Å²) in [6.07, 6.45) is 7.02. The zero-order valence-corrected chi connectivity index (χ0v) is 23.0. The summed E-state index contributed by atoms with van der Waals surface area (Å²) in [5.41, 5.74) is 1.86. The lowest BCUT2D eigenvalue weighted by atomic mass is 10.0. The fourth-order valence-electron chi connectivity index (χ4n) is 5.05. The number of rotatable bonds is 6. The van der Waals surface area contributed by atoms with Gasteiger partial charge in [0.1, 0.15) is 5.69 Å². The number of aryl methyl sites for hydroxylation is 2. The monoisotopic (exact) mass is 571 g/mol. The average molecular weight is 572 g/mol. The summed E-state index contributed by atoms with van der Waals surface area (Å²) in [5, 5.41) is 16.4. The average Bonchev–Trinajstić information content (AvgIpc) is 3.46. The topological polar surface area (TPSA) is 143 Å². The van der Waals surface area contributed by atoms with Gasteiger partial charge in [-0.1, -0.05) is 11.6 Å². The van der Waals surface area contributed by atoms with E-state index in [1.165, 1.54) is 24.5 Å². The van der Waals surface area contributed by atoms with Crippen LogP contribution in [0.15, 0.2) is 36.9 Å². The molecule has 1 unspecified atom stereocenters. The van der Waals surface area contributed by atoms with E-state index < -0.39 is 11.7 Å². The van der Waals surface area contributed by atoms with Crippen LogP contribution in [0.3, 0.4) is 0 Å². The van der Waals surface area contributed by atoms with Gasteiger partial charge < -0.3 is 5.32 Å². The molecule has 6 rings (SSSR count). The van der Waals surface area contributed by atoms with Crippen LogP contribution in [0.2, 0.25) is 5.02 Å². The van der Waals surface area contributed by atoms with E-state index in [1.54, 1.807) is 28.9 Å². The van der Waals surface area contributed by atoms with Gasteiger partial charge in [0.25, 0.3) is 5.91 Å². The van der Waals surface area contributed by atoms with Gasteiger partial charge in [-0.25, -0.2) is 14.4 Å². The van der Waals surface area contributed by atoms with Gasteiger partial charge in [-0.3, -0.25) is 29.1 Å². The molecule has 1 aromatic carbocycles. The first-order valence-corrected chi connectivity index (χ1v) is 13.3. The maximum absolute atomic E-state index is 14.8. The van der Waals surface area contributed by atoms with E-state index in [2.05, 4.69) is 30.4 Å². The number of benzene rings is 1. The van der Waals surface area contributed by atoms with E-state index in [9.17, 15) is 19.2 Å². The van der Waals surface area contributed by atoms with E-state index >= 15 is 0 Å². The molecule has 2 aliphatic rings. The second-order valence-electron chi connectivity index (χ2n) is 10.2. The molecule has 0 radical (unpaired) electrons. The van der Waals surface area contributed by atoms with Crippen molar-refractivity contribution in [1.29, 1.82) is 5.26 Å². The van der Waals surface area contributed by atoms with E-state index in [4.69, 9.17) is 11.6 Å². The summed E-state index contributed by atoms with van der Waals surface area (Å²) in [4.78, 5) is 45.0. The maximum Gasteiger partial charge on any atom is 0.276 e. The Morgan fingerprint density at radius 1 is 1.20 bits per heavy atom. The second kappa shape index (κ2) is 10.0. The third kappa shape index (κ3) is 4.68. The van der Waals surface area contributed by atoms with Crippen molar-refractivity contribution in [3.05, 3.63) is 76.1 Å². The lowest BCUT2D eigenvalue weighted by Gasteiger charge is -2.20. The molecule has 1 aliphatic heterocycles. The largest absolute Gasteiger partial charge is 0.318 e. The van der Waals surface area contributed by atoms with E-state index in [-0.39, 0.29) is 45.4 Å². The van der Waals surface area contributed by atoms with Gasteiger partial charge in [-0.2, -0.15) is 10.4 Å². The van der Waals surface area contributed by atoms with Crippen LogP contribution in [0.5, 0.6) is 0 Å². The highest BCUT2D eigenvalue weighted by Crippen LogP contribution is 2.47. The van der Waals surface area contributed by atoms with Crippen molar-refractivity contribution >= 4 is 34.9 Å². The van der Waals surface area contributed by atoms with Gasteiger partial charge in [-0.05, 0) is 45.2 Å². The van der Waals surface area contributed by atoms with Gasteiger partial charge in [0.05, 0.1) is 75.3 Å². The lowest BCUT2D eigenvalue weighted by Crippen LogP contribution is -2.30. The van der Waals surface area contributed by atoms with Crippen molar-refractivity contribution in [2.75, 3.05) is 16.8 Å². The number of nitriles is 1. The number of nitrogens with one attached hydrogen (secondary N) is 1. The molecule has 2 fully saturated rings. The Hall–Kier alpha value is -4.76. The van der Waals surface area contributed by atoms with E-state index in [0.29, 0.717) is 41.0 Å². The molecular formula is C28H23ClFN9O2. The molecule has 206 valence electrons. The fourth-order valence-corrected chi connectivity index (χ4v) is 5.20. The van der Waals surface area contributed by atoms with Crippen LogP contribution in [0.1, 0.15) is 52.5 Å². The SMILES string of the molecule is Cc1ncc(-c2c(C#N)ccc(Cl)c2F)nc1C(=O)Nc1cnn(C(C)c2cnc(N3C[C@H]4C[C@H]4C3=O)c(C)n2)c1. The van der Waals surface area contributed by atoms with Gasteiger partial charge in [0.2, 0.25) is 5.91 Å². The van der Waals surface area contributed by atoms with E-state index in [1.807, 2.05) is 19.9 Å². The lowest BCUT2D eigenvalue weighted by molar-refractivity contribution is -0.118. The summed E-state index contributed by atoms with van der Waals surface area (Å²) >= 11 is 5.92. The molecule has 11 nitrogen and oxygen atoms in total. The number of fused-ring (bicyclic) bond motifs is 1. The van der Waals surface area contributed by atoms with Crippen LogP contribution in [-0.2, 0) is 4.79 Å². The number of carbonyl (C=O) groups is 2. The molecule has 2 amide bonds. The van der Waals surface area contributed by atoms with Crippen molar-refractivity contribution in [1.82, 2.24) is 29.7 Å². The minimum atomic E-state index is -0.819. The minimum absolute atomic E-state index is 0.00617. The first-order chi connectivity index (χ1) is 19.7. The number of hydrogen-bond donors (Lipinski definition) is 1. The van der Waals surface area contributed by atoms with Crippen molar-refractivity contribution in [3.8, 4) is 17.3 Å². The van der Waals surface area contributed by atoms with Gasteiger partial charge in [-0.15, -0.1) is 0 Å². The van der Waals surface area contributed by atoms with Gasteiger partial charge in [0.15, 0.2) is 11.6 Å². The Morgan fingerprint density at radius 3 is 2.71 bits per heavy atom. The number of carbonyl (C=O) groups excluding carboxylic acids is 2. The van der Waals surface area contributed by atoms with Crippen molar-refractivity contribution in [3.63, 3.8) is 0 Å². The van der Waals surface area contributed by atoms with Gasteiger partial charge >= 0.3 is 0 Å². The molecule has 1 N–H and O–H groups in total. The molecule has 4 aromatic rings. The van der Waals surface area contributed by atoms with Crippen LogP contribution in [0.25, 0.3) is 11.3 Å². The summed E-state index contributed by atoms with van der Waals surface area (Å²) < 4.78 is 16.4. The van der Waals surface area contributed by atoms with Crippen LogP contribution >= 0.6 is 11.6 Å². The predicted octanol–water partition coefficient (Wildman–Crippen LogP) is 4.26. The third-order valence-electron chi connectivity index (χ3n) is 7.44. The Labute approximate surface area is 239 Å². The Kier molecular flexibility index (Phi) is 6.46. The molecule has 41 heavy (non-hydrogen) atoms. The maximum atomic E-state index is 14.8. The number of anilines is 2. The molecule has 3 aromatic heterocycles. The standard InChI is InChI=1S/C28H23ClFN9O2/c1-13-25(37-22(10-32-13)23-16(7-31)4-5-20(29)24(23)30)27(40)36-18-8-34-39(12-18)15(3)21-9-33-26(14(2)35-21)38-11-17-6-19(17)28(38)41/h4-5,8-10,12,15,17,19H,6,11H2,1-3H3,(H,36,40)/t15?,17-,19-/m1/s1. The number of amides is 2. The number of halogens is 2. The van der Waals surface area contributed by atoms with Crippen LogP contribution in [0.4, 0.5) is 15.9 Å². The summed E-state index contributed by atoms with van der Waals surface area (Å²) in [7, 11) is 0. The molecular weight excluding hydrogens is 549 g/mol. The minimum Gasteiger partial charge on any atom is -0.318 e. The zero-order chi connectivity index (χ0) is 29.0. The van der Waals surface area contributed by atoms with Crippen molar-refractivity contribution in [2.24, 2.45) is 11.8 Å². The van der Waals surface area contributed by atoms with E-state index in [0.717, 1.165) is 6.42 Å². The van der Waals surface area contributed by atoms with Crippen LogP contribution < -0.4 is 10.2 Å². The molecule has 1 saturated carbocycles. The van der Waals surface area contributed by atoms with Crippen LogP contribution in [0, 0.1) is 42.8 Å². The number of nitrogens with zero attached hydrogens (tertiary/aromatic N) is 8. The second-order valence-corrected chi connectivity index (χ2v) is 10.6. The highest BCUT2D eigenvalue weighted by Gasteiger charge is 2.53. The number of aromatic nitrogens is 6. The normalized spacial score (nSPS) is 18.1. The Balaban J connectivity index is 1.20. The summed E-state index contributed by atoms with van der Waals surface area (Å²) in [6, 6.07) is 4.26. The molecule has 0 spiro atoms. The molecule has 13 heteroatoms. The molecule has 0 bridgehead atoms. The Morgan fingerprint density at radius 2 is 2.00 bits per heavy atom. The van der Waals surface area contributed by atoms with Crippen molar-refractivity contribution < 1.29 is 14.0 Å².